The molecule has 0 N–H and O–H groups in total. The summed E-state index contributed by atoms with van der Waals surface area (Å²) >= 11 is 0. The summed E-state index contributed by atoms with van der Waals surface area (Å²) in [6.45, 7) is 2.38. The minimum Gasteiger partial charge on any atom is -0.497 e. The molecule has 0 aliphatic heterocycles. The van der Waals surface area contributed by atoms with Crippen molar-refractivity contribution in [2.75, 3.05) is 13.7 Å². The minimum atomic E-state index is -4.03. The second kappa shape index (κ2) is 8.80. The molecule has 0 saturated carbocycles. The van der Waals surface area contributed by atoms with E-state index in [0.717, 1.165) is 0 Å². The van der Waals surface area contributed by atoms with Gasteiger partial charge in [-0.25, -0.2) is 8.42 Å². The molecule has 0 saturated heterocycles. The molecule has 0 unspecified atom stereocenters. The first kappa shape index (κ1) is 21.5. The van der Waals surface area contributed by atoms with E-state index in [1.54, 1.807) is 60.7 Å². The Balaban J connectivity index is 1.90. The van der Waals surface area contributed by atoms with E-state index in [-0.39, 0.29) is 15.4 Å². The van der Waals surface area contributed by atoms with Crippen LogP contribution in [0.5, 0.6) is 11.5 Å². The van der Waals surface area contributed by atoms with Crippen molar-refractivity contribution in [3.63, 3.8) is 0 Å². The molecule has 0 atom stereocenters. The molecule has 1 heterocycles. The van der Waals surface area contributed by atoms with Gasteiger partial charge < -0.3 is 9.47 Å². The van der Waals surface area contributed by atoms with Crippen LogP contribution < -0.4 is 9.47 Å². The number of ether oxygens (including phenoxy) is 2. The zero-order chi connectivity index (χ0) is 22.7. The Kier molecular flexibility index (Phi) is 5.92. The number of hydrogen-bond acceptors (Lipinski definition) is 6. The molecule has 0 radical (unpaired) electrons. The van der Waals surface area contributed by atoms with Gasteiger partial charge in [0.05, 0.1) is 34.6 Å². The van der Waals surface area contributed by atoms with Gasteiger partial charge in [-0.15, -0.1) is 0 Å². The van der Waals surface area contributed by atoms with E-state index in [9.17, 15) is 13.2 Å². The third-order valence-corrected chi connectivity index (χ3v) is 6.91. The topological polar surface area (TPSA) is 82.6 Å². The highest BCUT2D eigenvalue weighted by atomic mass is 32.2. The second-order valence-corrected chi connectivity index (χ2v) is 8.87. The monoisotopic (exact) mass is 447 g/mol. The van der Waals surface area contributed by atoms with Crippen molar-refractivity contribution in [1.29, 1.82) is 0 Å². The van der Waals surface area contributed by atoms with Crippen molar-refractivity contribution in [1.82, 2.24) is 4.98 Å². The van der Waals surface area contributed by atoms with Crippen LogP contribution in [0.15, 0.2) is 88.8 Å². The van der Waals surface area contributed by atoms with E-state index in [1.807, 2.05) is 6.92 Å². The number of carbonyl (C=O) groups excluding carboxylic acids is 1. The molecule has 0 fully saturated rings. The van der Waals surface area contributed by atoms with E-state index in [4.69, 9.17) is 9.47 Å². The molecule has 3 aromatic carbocycles. The van der Waals surface area contributed by atoms with E-state index in [0.29, 0.717) is 34.6 Å². The van der Waals surface area contributed by atoms with Crippen LogP contribution in [0.2, 0.25) is 0 Å². The number of carbonyl (C=O) groups is 1. The first-order valence-electron chi connectivity index (χ1n) is 10.00. The Morgan fingerprint density at radius 2 is 1.56 bits per heavy atom. The normalized spacial score (nSPS) is 11.3. The molecule has 32 heavy (non-hydrogen) atoms. The van der Waals surface area contributed by atoms with Crippen LogP contribution in [0.25, 0.3) is 10.9 Å². The lowest BCUT2D eigenvalue weighted by Gasteiger charge is -2.13. The molecule has 0 aliphatic rings. The van der Waals surface area contributed by atoms with Gasteiger partial charge in [0.1, 0.15) is 11.5 Å². The third kappa shape index (κ3) is 3.94. The lowest BCUT2D eigenvalue weighted by Crippen LogP contribution is -2.12. The summed E-state index contributed by atoms with van der Waals surface area (Å²) < 4.78 is 38.0. The second-order valence-electron chi connectivity index (χ2n) is 6.98. The number of para-hydroxylation sites is 1. The number of methoxy groups -OCH3 is 1. The van der Waals surface area contributed by atoms with E-state index >= 15 is 0 Å². The fraction of sp³-hybridized carbons (Fsp3) is 0.120. The van der Waals surface area contributed by atoms with E-state index in [2.05, 4.69) is 4.98 Å². The number of ketones is 1. The summed E-state index contributed by atoms with van der Waals surface area (Å²) in [5.41, 5.74) is 0.850. The first-order valence-corrected chi connectivity index (χ1v) is 11.5. The zero-order valence-corrected chi connectivity index (χ0v) is 18.4. The molecule has 4 rings (SSSR count). The number of rotatable bonds is 7. The smallest absolute Gasteiger partial charge is 0.208 e. The molecule has 0 spiro atoms. The van der Waals surface area contributed by atoms with Crippen molar-refractivity contribution in [2.24, 2.45) is 0 Å². The highest BCUT2D eigenvalue weighted by molar-refractivity contribution is 7.91. The summed E-state index contributed by atoms with van der Waals surface area (Å²) in [5, 5.41) is 0.389. The highest BCUT2D eigenvalue weighted by Gasteiger charge is 2.28. The van der Waals surface area contributed by atoms with Crippen LogP contribution in [0, 0.1) is 0 Å². The lowest BCUT2D eigenvalue weighted by molar-refractivity contribution is 0.103. The maximum absolute atomic E-state index is 13.7. The van der Waals surface area contributed by atoms with Gasteiger partial charge in [0.25, 0.3) is 0 Å². The molecule has 4 aromatic rings. The van der Waals surface area contributed by atoms with Crippen molar-refractivity contribution < 1.29 is 22.7 Å². The van der Waals surface area contributed by atoms with Gasteiger partial charge >= 0.3 is 0 Å². The molecule has 7 heteroatoms. The predicted octanol–water partition coefficient (Wildman–Crippen LogP) is 4.71. The summed E-state index contributed by atoms with van der Waals surface area (Å²) in [4.78, 5) is 17.7. The van der Waals surface area contributed by atoms with Crippen LogP contribution in [-0.4, -0.2) is 32.9 Å². The SMILES string of the molecule is CCOc1ccc(C(=O)c2cnc3ccccc3c2S(=O)(=O)c2ccc(OC)cc2)cc1. The number of fused-ring (bicyclic) bond motifs is 1. The average Bonchev–Trinajstić information content (AvgIpc) is 2.83. The van der Waals surface area contributed by atoms with Crippen molar-refractivity contribution in [3.05, 3.63) is 90.1 Å². The number of nitrogens with zero attached hydrogens (tertiary/aromatic N) is 1. The lowest BCUT2D eigenvalue weighted by atomic mass is 10.0. The van der Waals surface area contributed by atoms with Crippen LogP contribution in [0.1, 0.15) is 22.8 Å². The standard InChI is InChI=1S/C25H21NO5S/c1-3-31-19-10-8-17(9-11-19)24(27)22-16-26-23-7-5-4-6-21(23)25(22)32(28,29)20-14-12-18(30-2)13-15-20/h4-16H,3H2,1-2H3. The molecular formula is C25H21NO5S. The van der Waals surface area contributed by atoms with Gasteiger partial charge in [0.15, 0.2) is 5.78 Å². The van der Waals surface area contributed by atoms with Crippen LogP contribution in [-0.2, 0) is 9.84 Å². The number of benzene rings is 3. The predicted molar refractivity (Wildman–Crippen MR) is 121 cm³/mol. The minimum absolute atomic E-state index is 0.0173. The summed E-state index contributed by atoms with van der Waals surface area (Å²) in [6.07, 6.45) is 1.33. The molecule has 6 nitrogen and oxygen atoms in total. The maximum atomic E-state index is 13.7. The Morgan fingerprint density at radius 3 is 2.22 bits per heavy atom. The van der Waals surface area contributed by atoms with Gasteiger partial charge in [-0.3, -0.25) is 9.78 Å². The van der Waals surface area contributed by atoms with Gasteiger partial charge in [0, 0.05) is 17.1 Å². The van der Waals surface area contributed by atoms with Crippen molar-refractivity contribution >= 4 is 26.5 Å². The molecular weight excluding hydrogens is 426 g/mol. The molecule has 1 aromatic heterocycles. The van der Waals surface area contributed by atoms with E-state index in [1.165, 1.54) is 25.4 Å². The quantitative estimate of drug-likeness (QED) is 0.382. The Morgan fingerprint density at radius 1 is 0.906 bits per heavy atom. The van der Waals surface area contributed by atoms with Gasteiger partial charge in [-0.05, 0) is 61.5 Å². The average molecular weight is 448 g/mol. The number of sulfone groups is 1. The summed E-state index contributed by atoms with van der Waals surface area (Å²) in [7, 11) is -2.52. The van der Waals surface area contributed by atoms with Gasteiger partial charge in [0.2, 0.25) is 9.84 Å². The fourth-order valence-corrected chi connectivity index (χ4v) is 5.09. The molecule has 0 bridgehead atoms. The summed E-state index contributed by atoms with van der Waals surface area (Å²) in [5.74, 6) is 0.736. The molecule has 0 aliphatic carbocycles. The van der Waals surface area contributed by atoms with Gasteiger partial charge in [-0.2, -0.15) is 0 Å². The summed E-state index contributed by atoms with van der Waals surface area (Å²) in [6, 6.07) is 19.6. The number of aromatic nitrogens is 1. The van der Waals surface area contributed by atoms with Crippen LogP contribution >= 0.6 is 0 Å². The van der Waals surface area contributed by atoms with Crippen LogP contribution in [0.3, 0.4) is 0 Å². The zero-order valence-electron chi connectivity index (χ0n) is 17.6. The maximum Gasteiger partial charge on any atom is 0.208 e. The van der Waals surface area contributed by atoms with Crippen molar-refractivity contribution in [2.45, 2.75) is 16.7 Å². The number of hydrogen-bond donors (Lipinski definition) is 0. The molecule has 0 amide bonds. The largest absolute Gasteiger partial charge is 0.497 e. The van der Waals surface area contributed by atoms with Gasteiger partial charge in [-0.1, -0.05) is 18.2 Å². The van der Waals surface area contributed by atoms with Crippen molar-refractivity contribution in [3.8, 4) is 11.5 Å². The van der Waals surface area contributed by atoms with E-state index < -0.39 is 15.6 Å². The highest BCUT2D eigenvalue weighted by Crippen LogP contribution is 2.32. The Bertz CT molecular complexity index is 1380. The Labute approximate surface area is 186 Å². The fourth-order valence-electron chi connectivity index (χ4n) is 3.46. The molecule has 162 valence electrons. The van der Waals surface area contributed by atoms with Crippen LogP contribution in [0.4, 0.5) is 0 Å². The number of pyridine rings is 1. The first-order chi connectivity index (χ1) is 15.5. The third-order valence-electron chi connectivity index (χ3n) is 5.04. The Hall–Kier alpha value is -3.71.